The van der Waals surface area contributed by atoms with Crippen molar-refractivity contribution < 1.29 is 4.74 Å². The molecule has 0 unspecified atom stereocenters. The summed E-state index contributed by atoms with van der Waals surface area (Å²) in [6, 6.07) is 2.46. The van der Waals surface area contributed by atoms with Gasteiger partial charge in [-0.25, -0.2) is 0 Å². The standard InChI is InChI=1S/C23H41NO/c1-2-3-4-5-6-7-8-9-18-25-23-16-14-22(15-17-23)21-12-10-20(19-24)11-13-21/h20-23H,2-18H2,1H3. The minimum atomic E-state index is 0.350. The molecule has 2 fully saturated rings. The number of hydrogen-bond acceptors (Lipinski definition) is 2. The van der Waals surface area contributed by atoms with Crippen LogP contribution in [0.5, 0.6) is 0 Å². The van der Waals surface area contributed by atoms with Crippen LogP contribution in [0.4, 0.5) is 0 Å². The van der Waals surface area contributed by atoms with Crippen molar-refractivity contribution in [1.82, 2.24) is 0 Å². The summed E-state index contributed by atoms with van der Waals surface area (Å²) in [5.74, 6) is 2.17. The number of hydrogen-bond donors (Lipinski definition) is 0. The average Bonchev–Trinajstić information content (AvgIpc) is 2.67. The molecule has 2 aliphatic rings. The minimum absolute atomic E-state index is 0.350. The van der Waals surface area contributed by atoms with Gasteiger partial charge in [-0.05, 0) is 69.6 Å². The second kappa shape index (κ2) is 12.7. The van der Waals surface area contributed by atoms with Gasteiger partial charge < -0.3 is 4.74 Å². The van der Waals surface area contributed by atoms with E-state index in [1.54, 1.807) is 0 Å². The molecule has 0 aromatic heterocycles. The minimum Gasteiger partial charge on any atom is -0.378 e. The maximum atomic E-state index is 9.04. The Morgan fingerprint density at radius 3 is 1.80 bits per heavy atom. The van der Waals surface area contributed by atoms with Gasteiger partial charge in [0, 0.05) is 12.5 Å². The first kappa shape index (κ1) is 20.8. The van der Waals surface area contributed by atoms with Gasteiger partial charge in [-0.1, -0.05) is 51.9 Å². The molecule has 144 valence electrons. The average molecular weight is 348 g/mol. The summed E-state index contributed by atoms with van der Waals surface area (Å²) in [5, 5.41) is 9.04. The summed E-state index contributed by atoms with van der Waals surface area (Å²) < 4.78 is 6.16. The van der Waals surface area contributed by atoms with E-state index in [1.807, 2.05) is 0 Å². The van der Waals surface area contributed by atoms with Crippen molar-refractivity contribution in [3.8, 4) is 6.07 Å². The zero-order chi connectivity index (χ0) is 17.7. The van der Waals surface area contributed by atoms with Crippen molar-refractivity contribution in [3.05, 3.63) is 0 Å². The van der Waals surface area contributed by atoms with Gasteiger partial charge in [-0.2, -0.15) is 5.26 Å². The van der Waals surface area contributed by atoms with E-state index in [2.05, 4.69) is 13.0 Å². The molecule has 2 aliphatic carbocycles. The predicted octanol–water partition coefficient (Wildman–Crippen LogP) is 7.03. The topological polar surface area (TPSA) is 33.0 Å². The smallest absolute Gasteiger partial charge is 0.0655 e. The van der Waals surface area contributed by atoms with E-state index in [4.69, 9.17) is 10.00 Å². The third kappa shape index (κ3) is 8.12. The summed E-state index contributed by atoms with van der Waals surface area (Å²) >= 11 is 0. The van der Waals surface area contributed by atoms with Crippen LogP contribution >= 0.6 is 0 Å². The lowest BCUT2D eigenvalue weighted by Gasteiger charge is -2.36. The number of nitriles is 1. The van der Waals surface area contributed by atoms with Gasteiger partial charge in [0.05, 0.1) is 12.2 Å². The van der Waals surface area contributed by atoms with Gasteiger partial charge in [-0.15, -0.1) is 0 Å². The fourth-order valence-corrected chi connectivity index (χ4v) is 4.93. The molecule has 0 aliphatic heterocycles. The number of ether oxygens (including phenoxy) is 1. The highest BCUT2D eigenvalue weighted by atomic mass is 16.5. The normalized spacial score (nSPS) is 30.1. The van der Waals surface area contributed by atoms with Crippen LogP contribution in [0.15, 0.2) is 0 Å². The number of nitrogens with zero attached hydrogens (tertiary/aromatic N) is 1. The highest BCUT2D eigenvalue weighted by molar-refractivity contribution is 4.89. The highest BCUT2D eigenvalue weighted by Crippen LogP contribution is 2.40. The van der Waals surface area contributed by atoms with E-state index in [0.29, 0.717) is 12.0 Å². The van der Waals surface area contributed by atoms with E-state index >= 15 is 0 Å². The second-order valence-corrected chi connectivity index (χ2v) is 8.62. The third-order valence-electron chi connectivity index (χ3n) is 6.69. The highest BCUT2D eigenvalue weighted by Gasteiger charge is 2.30. The predicted molar refractivity (Wildman–Crippen MR) is 105 cm³/mol. The zero-order valence-corrected chi connectivity index (χ0v) is 16.7. The summed E-state index contributed by atoms with van der Waals surface area (Å²) in [5.41, 5.74) is 0. The Hall–Kier alpha value is -0.550. The molecule has 0 radical (unpaired) electrons. The van der Waals surface area contributed by atoms with Crippen molar-refractivity contribution in [2.75, 3.05) is 6.61 Å². The number of rotatable bonds is 11. The van der Waals surface area contributed by atoms with E-state index in [1.165, 1.54) is 89.9 Å². The Bertz CT molecular complexity index is 359. The second-order valence-electron chi connectivity index (χ2n) is 8.62. The SMILES string of the molecule is CCCCCCCCCCOC1CCC(C2CCC(C#N)CC2)CC1. The van der Waals surface area contributed by atoms with Crippen LogP contribution < -0.4 is 0 Å². The molecule has 2 saturated carbocycles. The molecule has 2 nitrogen and oxygen atoms in total. The molecule has 2 rings (SSSR count). The first-order valence-corrected chi connectivity index (χ1v) is 11.3. The molecule has 0 aromatic carbocycles. The van der Waals surface area contributed by atoms with Gasteiger partial charge in [-0.3, -0.25) is 0 Å². The van der Waals surface area contributed by atoms with E-state index in [-0.39, 0.29) is 0 Å². The lowest BCUT2D eigenvalue weighted by atomic mass is 9.71. The van der Waals surface area contributed by atoms with Crippen molar-refractivity contribution in [1.29, 1.82) is 5.26 Å². The molecular weight excluding hydrogens is 306 g/mol. The summed E-state index contributed by atoms with van der Waals surface area (Å²) in [6.07, 6.45) is 21.7. The van der Waals surface area contributed by atoms with Crippen molar-refractivity contribution in [2.24, 2.45) is 17.8 Å². The molecule has 0 aromatic rings. The molecule has 0 atom stereocenters. The molecular formula is C23H41NO. The first-order valence-electron chi connectivity index (χ1n) is 11.3. The van der Waals surface area contributed by atoms with E-state index < -0.39 is 0 Å². The van der Waals surface area contributed by atoms with Crippen LogP contribution in [0.25, 0.3) is 0 Å². The van der Waals surface area contributed by atoms with Gasteiger partial charge in [0.15, 0.2) is 0 Å². The lowest BCUT2D eigenvalue weighted by molar-refractivity contribution is 0.00601. The van der Waals surface area contributed by atoms with E-state index in [9.17, 15) is 0 Å². The van der Waals surface area contributed by atoms with Crippen LogP contribution in [0, 0.1) is 29.1 Å². The molecule has 0 bridgehead atoms. The third-order valence-corrected chi connectivity index (χ3v) is 6.69. The largest absolute Gasteiger partial charge is 0.378 e. The monoisotopic (exact) mass is 347 g/mol. The van der Waals surface area contributed by atoms with Crippen molar-refractivity contribution >= 4 is 0 Å². The Morgan fingerprint density at radius 1 is 0.720 bits per heavy atom. The van der Waals surface area contributed by atoms with Gasteiger partial charge in [0.25, 0.3) is 0 Å². The molecule has 0 heterocycles. The molecule has 0 spiro atoms. The van der Waals surface area contributed by atoms with Crippen LogP contribution in [0.1, 0.15) is 110 Å². The summed E-state index contributed by atoms with van der Waals surface area (Å²) in [7, 11) is 0. The quantitative estimate of drug-likeness (QED) is 0.376. The molecule has 0 saturated heterocycles. The molecule has 25 heavy (non-hydrogen) atoms. The Kier molecular flexibility index (Phi) is 10.6. The van der Waals surface area contributed by atoms with Gasteiger partial charge >= 0.3 is 0 Å². The maximum absolute atomic E-state index is 9.04. The molecule has 0 amide bonds. The maximum Gasteiger partial charge on any atom is 0.0655 e. The van der Waals surface area contributed by atoms with Gasteiger partial charge in [0.1, 0.15) is 0 Å². The van der Waals surface area contributed by atoms with Crippen LogP contribution in [0.2, 0.25) is 0 Å². The van der Waals surface area contributed by atoms with Crippen molar-refractivity contribution in [3.63, 3.8) is 0 Å². The molecule has 0 N–H and O–H groups in total. The van der Waals surface area contributed by atoms with Gasteiger partial charge in [0.2, 0.25) is 0 Å². The van der Waals surface area contributed by atoms with Crippen LogP contribution in [0.3, 0.4) is 0 Å². The van der Waals surface area contributed by atoms with Crippen molar-refractivity contribution in [2.45, 2.75) is 116 Å². The lowest BCUT2D eigenvalue weighted by Crippen LogP contribution is -2.28. The summed E-state index contributed by atoms with van der Waals surface area (Å²) in [6.45, 7) is 3.27. The van der Waals surface area contributed by atoms with Crippen LogP contribution in [-0.2, 0) is 4.74 Å². The summed E-state index contributed by atoms with van der Waals surface area (Å²) in [4.78, 5) is 0. The van der Waals surface area contributed by atoms with E-state index in [0.717, 1.165) is 31.3 Å². The fraction of sp³-hybridized carbons (Fsp3) is 0.957. The van der Waals surface area contributed by atoms with Crippen LogP contribution in [-0.4, -0.2) is 12.7 Å². The molecule has 2 heteroatoms. The first-order chi connectivity index (χ1) is 12.3. The Labute approximate surface area is 156 Å². The Balaban J connectivity index is 1.44. The zero-order valence-electron chi connectivity index (χ0n) is 16.7. The fourth-order valence-electron chi connectivity index (χ4n) is 4.93. The Morgan fingerprint density at radius 2 is 1.24 bits per heavy atom. The number of unbranched alkanes of at least 4 members (excludes halogenated alkanes) is 7.